The van der Waals surface area contributed by atoms with Gasteiger partial charge in [0.15, 0.2) is 5.78 Å². The van der Waals surface area contributed by atoms with Gasteiger partial charge in [0.05, 0.1) is 25.2 Å². The Morgan fingerprint density at radius 3 is 2.96 bits per heavy atom. The standard InChI is InChI=1S/C19H26N2O3/c1-14(12-24-13-15-5-3-2-4-6-15)7-8-18(23)21-11-17(22)19-16(21)9-10-20-19/h2-6,14,16,19-20H,7-13H2,1H3. The number of carbonyl (C=O) groups excluding carboxylic acids is 2. The van der Waals surface area contributed by atoms with E-state index < -0.39 is 0 Å². The number of hydrogen-bond acceptors (Lipinski definition) is 4. The van der Waals surface area contributed by atoms with Crippen LogP contribution in [-0.4, -0.2) is 48.4 Å². The van der Waals surface area contributed by atoms with E-state index in [0.29, 0.717) is 25.6 Å². The minimum atomic E-state index is -0.124. The minimum absolute atomic E-state index is 0.0784. The van der Waals surface area contributed by atoms with E-state index in [-0.39, 0.29) is 30.3 Å². The van der Waals surface area contributed by atoms with Gasteiger partial charge < -0.3 is 15.0 Å². The molecular weight excluding hydrogens is 304 g/mol. The van der Waals surface area contributed by atoms with Crippen LogP contribution in [0.25, 0.3) is 0 Å². The molecule has 130 valence electrons. The number of amides is 1. The van der Waals surface area contributed by atoms with Crippen molar-refractivity contribution in [2.75, 3.05) is 19.7 Å². The number of nitrogens with zero attached hydrogens (tertiary/aromatic N) is 1. The third-order valence-corrected chi connectivity index (χ3v) is 4.95. The first-order valence-electron chi connectivity index (χ1n) is 8.82. The highest BCUT2D eigenvalue weighted by molar-refractivity contribution is 5.94. The molecule has 1 N–H and O–H groups in total. The van der Waals surface area contributed by atoms with E-state index in [4.69, 9.17) is 4.74 Å². The fraction of sp³-hybridized carbons (Fsp3) is 0.579. The average Bonchev–Trinajstić information content (AvgIpc) is 3.18. The molecule has 24 heavy (non-hydrogen) atoms. The lowest BCUT2D eigenvalue weighted by Gasteiger charge is -2.23. The summed E-state index contributed by atoms with van der Waals surface area (Å²) < 4.78 is 5.74. The molecule has 1 amide bonds. The maximum atomic E-state index is 12.4. The predicted molar refractivity (Wildman–Crippen MR) is 91.4 cm³/mol. The molecule has 2 aliphatic heterocycles. The van der Waals surface area contributed by atoms with E-state index in [1.807, 2.05) is 30.3 Å². The van der Waals surface area contributed by atoms with Crippen molar-refractivity contribution >= 4 is 11.7 Å². The van der Waals surface area contributed by atoms with Gasteiger partial charge in [0.2, 0.25) is 5.91 Å². The Morgan fingerprint density at radius 1 is 1.38 bits per heavy atom. The Morgan fingerprint density at radius 2 is 2.17 bits per heavy atom. The molecule has 5 nitrogen and oxygen atoms in total. The summed E-state index contributed by atoms with van der Waals surface area (Å²) in [6.45, 7) is 4.46. The number of hydrogen-bond donors (Lipinski definition) is 1. The van der Waals surface area contributed by atoms with Gasteiger partial charge in [0, 0.05) is 13.0 Å². The van der Waals surface area contributed by atoms with E-state index in [1.165, 1.54) is 0 Å². The molecule has 5 heteroatoms. The van der Waals surface area contributed by atoms with Crippen LogP contribution in [0.15, 0.2) is 30.3 Å². The summed E-state index contributed by atoms with van der Waals surface area (Å²) >= 11 is 0. The Labute approximate surface area is 143 Å². The first-order valence-corrected chi connectivity index (χ1v) is 8.82. The molecule has 2 saturated heterocycles. The van der Waals surface area contributed by atoms with Gasteiger partial charge in [-0.1, -0.05) is 37.3 Å². The molecule has 1 aromatic carbocycles. The minimum Gasteiger partial charge on any atom is -0.376 e. The molecule has 2 heterocycles. The summed E-state index contributed by atoms with van der Waals surface area (Å²) in [5, 5.41) is 3.20. The van der Waals surface area contributed by atoms with Crippen molar-refractivity contribution in [2.24, 2.45) is 5.92 Å². The van der Waals surface area contributed by atoms with Crippen LogP contribution in [0.3, 0.4) is 0 Å². The van der Waals surface area contributed by atoms with Crippen molar-refractivity contribution in [3.8, 4) is 0 Å². The van der Waals surface area contributed by atoms with Crippen molar-refractivity contribution < 1.29 is 14.3 Å². The number of benzene rings is 1. The van der Waals surface area contributed by atoms with Gasteiger partial charge in [0.1, 0.15) is 0 Å². The molecule has 3 rings (SSSR count). The Hall–Kier alpha value is -1.72. The third kappa shape index (κ3) is 4.02. The summed E-state index contributed by atoms with van der Waals surface area (Å²) in [5.74, 6) is 0.591. The van der Waals surface area contributed by atoms with E-state index in [0.717, 1.165) is 24.9 Å². The number of fused-ring (bicyclic) bond motifs is 1. The first-order chi connectivity index (χ1) is 11.6. The number of carbonyl (C=O) groups is 2. The topological polar surface area (TPSA) is 58.6 Å². The van der Waals surface area contributed by atoms with Crippen LogP contribution in [0.4, 0.5) is 0 Å². The zero-order chi connectivity index (χ0) is 16.9. The largest absolute Gasteiger partial charge is 0.376 e. The monoisotopic (exact) mass is 330 g/mol. The number of ketones is 1. The second-order valence-electron chi connectivity index (χ2n) is 6.92. The predicted octanol–water partition coefficient (Wildman–Crippen LogP) is 1.76. The Kier molecular flexibility index (Phi) is 5.63. The molecule has 2 aliphatic rings. The molecule has 1 aromatic rings. The molecule has 0 aliphatic carbocycles. The highest BCUT2D eigenvalue weighted by Crippen LogP contribution is 2.24. The number of rotatable bonds is 7. The molecule has 2 fully saturated rings. The smallest absolute Gasteiger partial charge is 0.223 e. The van der Waals surface area contributed by atoms with Crippen LogP contribution >= 0.6 is 0 Å². The van der Waals surface area contributed by atoms with Gasteiger partial charge in [-0.3, -0.25) is 9.59 Å². The van der Waals surface area contributed by atoms with E-state index in [2.05, 4.69) is 12.2 Å². The summed E-state index contributed by atoms with van der Waals surface area (Å²) in [5.41, 5.74) is 1.16. The zero-order valence-electron chi connectivity index (χ0n) is 14.2. The van der Waals surface area contributed by atoms with Crippen molar-refractivity contribution in [3.05, 3.63) is 35.9 Å². The van der Waals surface area contributed by atoms with Crippen LogP contribution in [0.5, 0.6) is 0 Å². The lowest BCUT2D eigenvalue weighted by molar-refractivity contribution is -0.133. The van der Waals surface area contributed by atoms with Gasteiger partial charge in [-0.05, 0) is 30.9 Å². The van der Waals surface area contributed by atoms with Crippen LogP contribution in [0, 0.1) is 5.92 Å². The summed E-state index contributed by atoms with van der Waals surface area (Å²) in [6.07, 6.45) is 2.17. The molecule has 3 atom stereocenters. The molecule has 0 saturated carbocycles. The average molecular weight is 330 g/mol. The van der Waals surface area contributed by atoms with Gasteiger partial charge in [0.25, 0.3) is 0 Å². The highest BCUT2D eigenvalue weighted by Gasteiger charge is 2.45. The fourth-order valence-corrected chi connectivity index (χ4v) is 3.56. The molecule has 0 aromatic heterocycles. The lowest BCUT2D eigenvalue weighted by Crippen LogP contribution is -2.39. The summed E-state index contributed by atoms with van der Waals surface area (Å²) in [7, 11) is 0. The van der Waals surface area contributed by atoms with Crippen molar-refractivity contribution in [1.82, 2.24) is 10.2 Å². The van der Waals surface area contributed by atoms with E-state index in [1.54, 1.807) is 4.90 Å². The fourth-order valence-electron chi connectivity index (χ4n) is 3.56. The number of nitrogens with one attached hydrogen (secondary N) is 1. The van der Waals surface area contributed by atoms with Crippen LogP contribution < -0.4 is 5.32 Å². The van der Waals surface area contributed by atoms with Crippen molar-refractivity contribution in [3.63, 3.8) is 0 Å². The van der Waals surface area contributed by atoms with Gasteiger partial charge in [-0.25, -0.2) is 0 Å². The number of likely N-dealkylation sites (tertiary alicyclic amines) is 1. The Balaban J connectivity index is 1.37. The number of Topliss-reactive ketones (excluding diaryl/α,β-unsaturated/α-hetero) is 1. The van der Waals surface area contributed by atoms with Crippen LogP contribution in [-0.2, 0) is 20.9 Å². The van der Waals surface area contributed by atoms with Gasteiger partial charge >= 0.3 is 0 Å². The zero-order valence-corrected chi connectivity index (χ0v) is 14.2. The van der Waals surface area contributed by atoms with Crippen LogP contribution in [0.2, 0.25) is 0 Å². The maximum absolute atomic E-state index is 12.4. The van der Waals surface area contributed by atoms with Crippen molar-refractivity contribution in [1.29, 1.82) is 0 Å². The SMILES string of the molecule is CC(CCC(=O)N1CC(=O)C2NCCC21)COCc1ccccc1. The lowest BCUT2D eigenvalue weighted by atomic mass is 10.1. The number of ether oxygens (including phenoxy) is 1. The quantitative estimate of drug-likeness (QED) is 0.828. The normalized spacial score (nSPS) is 24.2. The second-order valence-corrected chi connectivity index (χ2v) is 6.92. The highest BCUT2D eigenvalue weighted by atomic mass is 16.5. The Bertz CT molecular complexity index is 575. The first kappa shape index (κ1) is 17.1. The van der Waals surface area contributed by atoms with Gasteiger partial charge in [-0.2, -0.15) is 0 Å². The molecule has 0 radical (unpaired) electrons. The molecule has 0 bridgehead atoms. The molecule has 0 spiro atoms. The van der Waals surface area contributed by atoms with Crippen LogP contribution in [0.1, 0.15) is 31.7 Å². The third-order valence-electron chi connectivity index (χ3n) is 4.95. The van der Waals surface area contributed by atoms with Gasteiger partial charge in [-0.15, -0.1) is 0 Å². The molecular formula is C19H26N2O3. The van der Waals surface area contributed by atoms with E-state index in [9.17, 15) is 9.59 Å². The maximum Gasteiger partial charge on any atom is 0.223 e. The second kappa shape index (κ2) is 7.90. The van der Waals surface area contributed by atoms with E-state index >= 15 is 0 Å². The summed E-state index contributed by atoms with van der Waals surface area (Å²) in [6, 6.07) is 10.0. The van der Waals surface area contributed by atoms with Crippen molar-refractivity contribution in [2.45, 2.75) is 44.9 Å². The summed E-state index contributed by atoms with van der Waals surface area (Å²) in [4.78, 5) is 26.1. The molecule has 3 unspecified atom stereocenters.